The minimum absolute atomic E-state index is 0.0168. The number of hydrazone groups is 1. The molecule has 1 heterocycles. The summed E-state index contributed by atoms with van der Waals surface area (Å²) in [6.07, 6.45) is 1.38. The number of benzene rings is 2. The van der Waals surface area contributed by atoms with Crippen LogP contribution in [0.1, 0.15) is 12.5 Å². The van der Waals surface area contributed by atoms with E-state index in [-0.39, 0.29) is 12.4 Å². The number of anilines is 1. The van der Waals surface area contributed by atoms with Crippen molar-refractivity contribution in [1.29, 1.82) is 0 Å². The summed E-state index contributed by atoms with van der Waals surface area (Å²) in [5.41, 5.74) is 4.30. The van der Waals surface area contributed by atoms with Gasteiger partial charge in [0.15, 0.2) is 17.2 Å². The molecule has 10 nitrogen and oxygen atoms in total. The topological polar surface area (TPSA) is 128 Å². The lowest BCUT2D eigenvalue weighted by molar-refractivity contribution is -0.386. The van der Waals surface area contributed by atoms with E-state index in [1.807, 2.05) is 17.5 Å². The quantitative estimate of drug-likeness (QED) is 0.284. The first-order valence-corrected chi connectivity index (χ1v) is 9.96. The predicted octanol–water partition coefficient (Wildman–Crippen LogP) is 4.29. The van der Waals surface area contributed by atoms with Gasteiger partial charge in [-0.15, -0.1) is 11.3 Å². The Hall–Kier alpha value is -3.86. The van der Waals surface area contributed by atoms with Gasteiger partial charge >= 0.3 is 5.69 Å². The van der Waals surface area contributed by atoms with Gasteiger partial charge in [0.1, 0.15) is 0 Å². The predicted molar refractivity (Wildman–Crippen MR) is 118 cm³/mol. The van der Waals surface area contributed by atoms with Crippen molar-refractivity contribution in [3.8, 4) is 34.3 Å². The summed E-state index contributed by atoms with van der Waals surface area (Å²) in [5, 5.41) is 27.6. The van der Waals surface area contributed by atoms with E-state index in [9.17, 15) is 15.2 Å². The molecule has 0 aliphatic heterocycles. The van der Waals surface area contributed by atoms with E-state index < -0.39 is 16.4 Å². The van der Waals surface area contributed by atoms with Crippen molar-refractivity contribution in [3.63, 3.8) is 0 Å². The number of ether oxygens (including phenoxy) is 3. The molecule has 0 aliphatic carbocycles. The summed E-state index contributed by atoms with van der Waals surface area (Å²) in [7, 11) is 3.13. The van der Waals surface area contributed by atoms with E-state index in [1.165, 1.54) is 29.7 Å². The number of rotatable bonds is 9. The standard InChI is InChI=1S/C20H20N4O6S/c1-4-30-18-8-12(7-15(19(18)25)24(26)27)10-21-23-20-22-14(11-31-20)13-5-6-16(28-2)17(9-13)29-3/h5-11,25H,4H2,1-3H3,(H,22,23)/b21-10-. The van der Waals surface area contributed by atoms with E-state index in [1.54, 1.807) is 27.2 Å². The van der Waals surface area contributed by atoms with E-state index in [0.717, 1.165) is 11.3 Å². The first-order chi connectivity index (χ1) is 15.0. The molecular formula is C20H20N4O6S. The second-order valence-corrected chi connectivity index (χ2v) is 6.91. The Kier molecular flexibility index (Phi) is 6.88. The van der Waals surface area contributed by atoms with E-state index >= 15 is 0 Å². The highest BCUT2D eigenvalue weighted by molar-refractivity contribution is 7.14. The van der Waals surface area contributed by atoms with Gasteiger partial charge in [0.25, 0.3) is 0 Å². The van der Waals surface area contributed by atoms with Gasteiger partial charge in [0.05, 0.1) is 37.7 Å². The lowest BCUT2D eigenvalue weighted by Gasteiger charge is -2.08. The molecule has 162 valence electrons. The second kappa shape index (κ2) is 9.76. The van der Waals surface area contributed by atoms with Crippen molar-refractivity contribution in [3.05, 3.63) is 51.4 Å². The summed E-state index contributed by atoms with van der Waals surface area (Å²) in [6.45, 7) is 1.97. The van der Waals surface area contributed by atoms with Crippen molar-refractivity contribution in [2.45, 2.75) is 6.92 Å². The number of hydrogen-bond donors (Lipinski definition) is 2. The molecule has 1 aromatic heterocycles. The summed E-state index contributed by atoms with van der Waals surface area (Å²) < 4.78 is 15.8. The molecule has 11 heteroatoms. The normalized spacial score (nSPS) is 10.8. The number of nitro benzene ring substituents is 1. The monoisotopic (exact) mass is 444 g/mol. The zero-order chi connectivity index (χ0) is 22.4. The molecule has 2 aromatic carbocycles. The molecule has 0 spiro atoms. The molecule has 3 rings (SSSR count). The van der Waals surface area contributed by atoms with Crippen LogP contribution >= 0.6 is 11.3 Å². The highest BCUT2D eigenvalue weighted by atomic mass is 32.1. The fraction of sp³-hybridized carbons (Fsp3) is 0.200. The van der Waals surface area contributed by atoms with Gasteiger partial charge in [0.2, 0.25) is 10.9 Å². The van der Waals surface area contributed by atoms with Crippen LogP contribution < -0.4 is 19.6 Å². The maximum absolute atomic E-state index is 11.2. The fourth-order valence-corrected chi connectivity index (χ4v) is 3.38. The smallest absolute Gasteiger partial charge is 0.315 e. The maximum Gasteiger partial charge on any atom is 0.315 e. The van der Waals surface area contributed by atoms with Crippen molar-refractivity contribution < 1.29 is 24.2 Å². The van der Waals surface area contributed by atoms with Crippen LogP contribution in [-0.2, 0) is 0 Å². The number of phenols is 1. The van der Waals surface area contributed by atoms with Gasteiger partial charge in [-0.25, -0.2) is 4.98 Å². The number of methoxy groups -OCH3 is 2. The van der Waals surface area contributed by atoms with Gasteiger partial charge in [-0.1, -0.05) is 0 Å². The summed E-state index contributed by atoms with van der Waals surface area (Å²) in [6, 6.07) is 8.17. The van der Waals surface area contributed by atoms with Crippen LogP contribution in [0.3, 0.4) is 0 Å². The highest BCUT2D eigenvalue weighted by Gasteiger charge is 2.19. The van der Waals surface area contributed by atoms with Crippen molar-refractivity contribution in [1.82, 2.24) is 4.98 Å². The van der Waals surface area contributed by atoms with Crippen molar-refractivity contribution in [2.75, 3.05) is 26.3 Å². The number of nitrogens with one attached hydrogen (secondary N) is 1. The molecule has 0 amide bonds. The number of thiazole rings is 1. The van der Waals surface area contributed by atoms with Gasteiger partial charge in [-0.3, -0.25) is 15.5 Å². The Morgan fingerprint density at radius 1 is 1.23 bits per heavy atom. The second-order valence-electron chi connectivity index (χ2n) is 6.05. The molecule has 0 fully saturated rings. The summed E-state index contributed by atoms with van der Waals surface area (Å²) >= 11 is 1.34. The van der Waals surface area contributed by atoms with Gasteiger partial charge in [-0.2, -0.15) is 5.10 Å². The van der Waals surface area contributed by atoms with E-state index in [4.69, 9.17) is 14.2 Å². The van der Waals surface area contributed by atoms with E-state index in [0.29, 0.717) is 22.2 Å². The van der Waals surface area contributed by atoms with Crippen LogP contribution in [0.25, 0.3) is 11.3 Å². The SMILES string of the molecule is CCOc1cc(/C=N\Nc2nc(-c3ccc(OC)c(OC)c3)cs2)cc([N+](=O)[O-])c1O. The van der Waals surface area contributed by atoms with Gasteiger partial charge in [-0.05, 0) is 31.2 Å². The molecule has 0 bridgehead atoms. The average Bonchev–Trinajstić information content (AvgIpc) is 3.24. The molecule has 0 unspecified atom stereocenters. The lowest BCUT2D eigenvalue weighted by atomic mass is 10.1. The average molecular weight is 444 g/mol. The number of nitrogens with zero attached hydrogens (tertiary/aromatic N) is 3. The number of phenolic OH excluding ortho intramolecular Hbond substituents is 1. The minimum atomic E-state index is -0.682. The lowest BCUT2D eigenvalue weighted by Crippen LogP contribution is -1.98. The van der Waals surface area contributed by atoms with Crippen LogP contribution in [0, 0.1) is 10.1 Å². The van der Waals surface area contributed by atoms with Gasteiger partial charge in [0, 0.05) is 22.6 Å². The molecule has 0 saturated carbocycles. The third-order valence-electron chi connectivity index (χ3n) is 4.13. The van der Waals surface area contributed by atoms with Crippen LogP contribution in [0.5, 0.6) is 23.0 Å². The molecular weight excluding hydrogens is 424 g/mol. The third kappa shape index (κ3) is 5.01. The summed E-state index contributed by atoms with van der Waals surface area (Å²) in [5.74, 6) is 0.720. The number of aromatic nitrogens is 1. The third-order valence-corrected chi connectivity index (χ3v) is 4.88. The molecule has 0 aliphatic rings. The fourth-order valence-electron chi connectivity index (χ4n) is 2.71. The van der Waals surface area contributed by atoms with Crippen LogP contribution in [0.2, 0.25) is 0 Å². The molecule has 3 aromatic rings. The Morgan fingerprint density at radius 3 is 2.68 bits per heavy atom. The molecule has 31 heavy (non-hydrogen) atoms. The molecule has 0 saturated heterocycles. The maximum atomic E-state index is 11.2. The first-order valence-electron chi connectivity index (χ1n) is 9.08. The Bertz CT molecular complexity index is 1120. The van der Waals surface area contributed by atoms with Crippen LogP contribution in [0.4, 0.5) is 10.8 Å². The Balaban J connectivity index is 1.77. The number of aromatic hydroxyl groups is 1. The minimum Gasteiger partial charge on any atom is -0.500 e. The number of nitro groups is 1. The molecule has 0 radical (unpaired) electrons. The molecule has 0 atom stereocenters. The Labute approximate surface area is 181 Å². The van der Waals surface area contributed by atoms with Crippen molar-refractivity contribution >= 4 is 28.4 Å². The van der Waals surface area contributed by atoms with Gasteiger partial charge < -0.3 is 19.3 Å². The van der Waals surface area contributed by atoms with Crippen LogP contribution in [0.15, 0.2) is 40.8 Å². The number of hydrogen-bond acceptors (Lipinski definition) is 10. The van der Waals surface area contributed by atoms with Crippen molar-refractivity contribution in [2.24, 2.45) is 5.10 Å². The van der Waals surface area contributed by atoms with E-state index in [2.05, 4.69) is 15.5 Å². The summed E-state index contributed by atoms with van der Waals surface area (Å²) in [4.78, 5) is 14.9. The zero-order valence-corrected chi connectivity index (χ0v) is 17.8. The molecule has 2 N–H and O–H groups in total. The first kappa shape index (κ1) is 21.8. The van der Waals surface area contributed by atoms with Crippen LogP contribution in [-0.4, -0.2) is 42.1 Å². The Morgan fingerprint density at radius 2 is 2.00 bits per heavy atom. The zero-order valence-electron chi connectivity index (χ0n) is 17.0. The highest BCUT2D eigenvalue weighted by Crippen LogP contribution is 2.37. The largest absolute Gasteiger partial charge is 0.500 e.